The summed E-state index contributed by atoms with van der Waals surface area (Å²) in [5.41, 5.74) is 5.39. The lowest BCUT2D eigenvalue weighted by atomic mass is 10.3. The number of carbonyl (C=O) groups excluding carboxylic acids is 2. The highest BCUT2D eigenvalue weighted by Crippen LogP contribution is 2.12. The fourth-order valence-electron chi connectivity index (χ4n) is 1.47. The summed E-state index contributed by atoms with van der Waals surface area (Å²) < 4.78 is 10.1. The molecule has 0 saturated carbocycles. The normalized spacial score (nSPS) is 16.9. The maximum absolute atomic E-state index is 11.4. The monoisotopic (exact) mass is 224 g/mol. The van der Waals surface area contributed by atoms with Gasteiger partial charge in [0.1, 0.15) is 24.7 Å². The first kappa shape index (κ1) is 10.8. The van der Waals surface area contributed by atoms with Gasteiger partial charge in [0.05, 0.1) is 13.1 Å². The fraction of sp³-hybridized carbons (Fsp3) is 0.400. The molecule has 1 aliphatic heterocycles. The molecule has 0 unspecified atom stereocenters. The summed E-state index contributed by atoms with van der Waals surface area (Å²) in [5, 5.41) is 0. The van der Waals surface area contributed by atoms with Crippen molar-refractivity contribution in [3.05, 3.63) is 23.7 Å². The molecule has 2 heterocycles. The molecule has 16 heavy (non-hydrogen) atoms. The van der Waals surface area contributed by atoms with Crippen LogP contribution in [0.1, 0.15) is 11.5 Å². The van der Waals surface area contributed by atoms with Crippen LogP contribution >= 0.6 is 0 Å². The summed E-state index contributed by atoms with van der Waals surface area (Å²) in [6.45, 7) is 0.318. The number of nitrogens with zero attached hydrogens (tertiary/aromatic N) is 1. The molecule has 2 rings (SSSR count). The molecule has 0 spiro atoms. The number of carbonyl (C=O) groups is 2. The zero-order valence-electron chi connectivity index (χ0n) is 8.64. The average molecular weight is 224 g/mol. The molecule has 0 aromatic carbocycles. The minimum absolute atomic E-state index is 0.0593. The Balaban J connectivity index is 2.07. The molecule has 1 fully saturated rings. The average Bonchev–Trinajstić information content (AvgIpc) is 2.71. The Bertz CT molecular complexity index is 397. The summed E-state index contributed by atoms with van der Waals surface area (Å²) in [4.78, 5) is 23.9. The van der Waals surface area contributed by atoms with E-state index in [1.807, 2.05) is 0 Å². The van der Waals surface area contributed by atoms with Gasteiger partial charge >= 0.3 is 0 Å². The van der Waals surface area contributed by atoms with Gasteiger partial charge in [0.15, 0.2) is 0 Å². The van der Waals surface area contributed by atoms with Gasteiger partial charge in [-0.2, -0.15) is 0 Å². The molecule has 1 saturated heterocycles. The third kappa shape index (κ3) is 2.12. The Kier molecular flexibility index (Phi) is 3.02. The number of imide groups is 1. The molecular formula is C10H12N2O4. The van der Waals surface area contributed by atoms with Crippen LogP contribution in [0.5, 0.6) is 0 Å². The predicted octanol–water partition coefficient (Wildman–Crippen LogP) is -0.376. The third-order valence-electron chi connectivity index (χ3n) is 2.29. The van der Waals surface area contributed by atoms with Crippen molar-refractivity contribution in [2.24, 2.45) is 5.73 Å². The van der Waals surface area contributed by atoms with Crippen LogP contribution in [0.15, 0.2) is 16.5 Å². The molecule has 6 heteroatoms. The van der Waals surface area contributed by atoms with Crippen molar-refractivity contribution in [3.63, 3.8) is 0 Å². The molecule has 2 N–H and O–H groups in total. The van der Waals surface area contributed by atoms with Gasteiger partial charge in [-0.05, 0) is 12.1 Å². The molecule has 6 nitrogen and oxygen atoms in total. The van der Waals surface area contributed by atoms with Crippen LogP contribution in [0.2, 0.25) is 0 Å². The van der Waals surface area contributed by atoms with E-state index in [0.717, 1.165) is 4.90 Å². The van der Waals surface area contributed by atoms with Crippen LogP contribution in [0, 0.1) is 0 Å². The lowest BCUT2D eigenvalue weighted by molar-refractivity contribution is -0.159. The summed E-state index contributed by atoms with van der Waals surface area (Å²) in [6.07, 6.45) is 0. The van der Waals surface area contributed by atoms with Crippen molar-refractivity contribution in [2.75, 3.05) is 13.2 Å². The number of furan rings is 1. The highest BCUT2D eigenvalue weighted by atomic mass is 16.5. The summed E-state index contributed by atoms with van der Waals surface area (Å²) in [5.74, 6) is 0.483. The largest absolute Gasteiger partial charge is 0.463 e. The van der Waals surface area contributed by atoms with Gasteiger partial charge in [-0.1, -0.05) is 0 Å². The molecule has 2 amide bonds. The molecule has 0 bridgehead atoms. The minimum Gasteiger partial charge on any atom is -0.463 e. The van der Waals surface area contributed by atoms with E-state index in [1.165, 1.54) is 0 Å². The fourth-order valence-corrected chi connectivity index (χ4v) is 1.47. The van der Waals surface area contributed by atoms with Crippen molar-refractivity contribution >= 4 is 11.8 Å². The molecule has 0 atom stereocenters. The smallest absolute Gasteiger partial charge is 0.255 e. The van der Waals surface area contributed by atoms with Crippen molar-refractivity contribution < 1.29 is 18.7 Å². The Morgan fingerprint density at radius 3 is 2.38 bits per heavy atom. The molecule has 86 valence electrons. The van der Waals surface area contributed by atoms with Crippen LogP contribution in [-0.2, 0) is 27.4 Å². The Hall–Kier alpha value is -1.66. The molecule has 0 aliphatic carbocycles. The van der Waals surface area contributed by atoms with Gasteiger partial charge in [-0.15, -0.1) is 0 Å². The zero-order valence-corrected chi connectivity index (χ0v) is 8.64. The third-order valence-corrected chi connectivity index (χ3v) is 2.29. The molecule has 1 aromatic rings. The van der Waals surface area contributed by atoms with Crippen molar-refractivity contribution in [1.29, 1.82) is 0 Å². The summed E-state index contributed by atoms with van der Waals surface area (Å²) in [7, 11) is 0. The number of ether oxygens (including phenoxy) is 1. The topological polar surface area (TPSA) is 85.8 Å². The molecule has 0 radical (unpaired) electrons. The van der Waals surface area contributed by atoms with Crippen LogP contribution in [0.4, 0.5) is 0 Å². The lowest BCUT2D eigenvalue weighted by Crippen LogP contribution is -2.45. The number of hydrogen-bond donors (Lipinski definition) is 1. The van der Waals surface area contributed by atoms with E-state index < -0.39 is 0 Å². The standard InChI is InChI=1S/C10H12N2O4/c11-3-7-1-2-8(16-7)4-12-9(13)5-15-6-10(12)14/h1-2H,3-6,11H2. The van der Waals surface area contributed by atoms with E-state index in [0.29, 0.717) is 18.1 Å². The zero-order chi connectivity index (χ0) is 11.5. The van der Waals surface area contributed by atoms with E-state index in [-0.39, 0.29) is 31.6 Å². The van der Waals surface area contributed by atoms with Gasteiger partial charge in [-0.25, -0.2) is 0 Å². The number of nitrogens with two attached hydrogens (primary N) is 1. The second-order valence-corrected chi connectivity index (χ2v) is 3.44. The Morgan fingerprint density at radius 1 is 1.19 bits per heavy atom. The van der Waals surface area contributed by atoms with Crippen LogP contribution in [-0.4, -0.2) is 29.9 Å². The molecular weight excluding hydrogens is 212 g/mol. The number of amides is 2. The van der Waals surface area contributed by atoms with Crippen molar-refractivity contribution in [1.82, 2.24) is 4.90 Å². The van der Waals surface area contributed by atoms with Crippen LogP contribution in [0.3, 0.4) is 0 Å². The lowest BCUT2D eigenvalue weighted by Gasteiger charge is -2.23. The van der Waals surface area contributed by atoms with E-state index in [1.54, 1.807) is 12.1 Å². The second-order valence-electron chi connectivity index (χ2n) is 3.44. The summed E-state index contributed by atoms with van der Waals surface area (Å²) in [6, 6.07) is 3.43. The quantitative estimate of drug-likeness (QED) is 0.707. The summed E-state index contributed by atoms with van der Waals surface area (Å²) >= 11 is 0. The minimum atomic E-state index is -0.345. The van der Waals surface area contributed by atoms with Gasteiger partial charge in [0.2, 0.25) is 0 Å². The maximum atomic E-state index is 11.4. The van der Waals surface area contributed by atoms with Gasteiger partial charge in [-0.3, -0.25) is 14.5 Å². The second kappa shape index (κ2) is 4.46. The van der Waals surface area contributed by atoms with E-state index in [4.69, 9.17) is 14.9 Å². The number of rotatable bonds is 3. The van der Waals surface area contributed by atoms with Crippen molar-refractivity contribution in [2.45, 2.75) is 13.1 Å². The SMILES string of the molecule is NCc1ccc(CN2C(=O)COCC2=O)o1. The first-order valence-corrected chi connectivity index (χ1v) is 4.89. The highest BCUT2D eigenvalue weighted by molar-refractivity contribution is 5.98. The van der Waals surface area contributed by atoms with E-state index in [9.17, 15) is 9.59 Å². The number of hydrogen-bond acceptors (Lipinski definition) is 5. The first-order chi connectivity index (χ1) is 7.70. The predicted molar refractivity (Wildman–Crippen MR) is 53.0 cm³/mol. The van der Waals surface area contributed by atoms with E-state index in [2.05, 4.69) is 0 Å². The van der Waals surface area contributed by atoms with Gasteiger partial charge in [0.25, 0.3) is 11.8 Å². The Labute approximate surface area is 91.9 Å². The molecule has 1 aromatic heterocycles. The van der Waals surface area contributed by atoms with Crippen LogP contribution < -0.4 is 5.73 Å². The van der Waals surface area contributed by atoms with Crippen molar-refractivity contribution in [3.8, 4) is 0 Å². The van der Waals surface area contributed by atoms with E-state index >= 15 is 0 Å². The van der Waals surface area contributed by atoms with Crippen LogP contribution in [0.25, 0.3) is 0 Å². The highest BCUT2D eigenvalue weighted by Gasteiger charge is 2.27. The maximum Gasteiger partial charge on any atom is 0.255 e. The van der Waals surface area contributed by atoms with Gasteiger partial charge in [0, 0.05) is 0 Å². The van der Waals surface area contributed by atoms with Gasteiger partial charge < -0.3 is 14.9 Å². The first-order valence-electron chi connectivity index (χ1n) is 4.89. The number of morpholine rings is 1. The molecule has 1 aliphatic rings. The Morgan fingerprint density at radius 2 is 1.81 bits per heavy atom.